The molecule has 0 radical (unpaired) electrons. The first-order valence-corrected chi connectivity index (χ1v) is 10.9. The lowest BCUT2D eigenvalue weighted by Gasteiger charge is -2.12. The van der Waals surface area contributed by atoms with Crippen molar-refractivity contribution in [3.05, 3.63) is 71.2 Å². The van der Waals surface area contributed by atoms with Crippen LogP contribution in [0.25, 0.3) is 21.2 Å². The molecule has 0 saturated carbocycles. The monoisotopic (exact) mass is 469 g/mol. The maximum atomic E-state index is 11.0. The molecule has 0 spiro atoms. The van der Waals surface area contributed by atoms with Crippen LogP contribution in [0.4, 0.5) is 11.5 Å². The molecule has 1 atom stereocenters. The molecule has 1 aromatic heterocycles. The number of carboxylic acid groups (broad SMARTS) is 1. The van der Waals surface area contributed by atoms with Crippen molar-refractivity contribution in [2.24, 2.45) is 0 Å². The topological polar surface area (TPSA) is 115 Å². The van der Waals surface area contributed by atoms with E-state index in [1.54, 1.807) is 18.2 Å². The van der Waals surface area contributed by atoms with Gasteiger partial charge >= 0.3 is 5.97 Å². The maximum absolute atomic E-state index is 11.0. The Bertz CT molecular complexity index is 1280. The van der Waals surface area contributed by atoms with Crippen molar-refractivity contribution in [2.45, 2.75) is 12.6 Å². The molecule has 0 amide bonds. The number of phenolic OH excluding ortho intramolecular Hbond substituents is 1. The molecule has 0 aliphatic heterocycles. The largest absolute Gasteiger partial charge is 0.508 e. The van der Waals surface area contributed by atoms with Crippen LogP contribution in [0.5, 0.6) is 5.75 Å². The van der Waals surface area contributed by atoms with Gasteiger partial charge in [-0.05, 0) is 53.0 Å². The summed E-state index contributed by atoms with van der Waals surface area (Å²) in [6.45, 7) is -0.166. The van der Waals surface area contributed by atoms with Crippen molar-refractivity contribution in [1.29, 1.82) is 0 Å². The summed E-state index contributed by atoms with van der Waals surface area (Å²) in [6, 6.07) is 17.3. The smallest absolute Gasteiger partial charge is 0.323 e. The normalized spacial score (nSPS) is 12.1. The number of carbonyl (C=O) groups is 1. The Morgan fingerprint density at radius 3 is 2.69 bits per heavy atom. The van der Waals surface area contributed by atoms with E-state index in [1.165, 1.54) is 11.5 Å². The second kappa shape index (κ2) is 9.54. The first-order valence-electron chi connectivity index (χ1n) is 9.76. The number of aromatic nitrogens is 1. The van der Waals surface area contributed by atoms with Crippen LogP contribution < -0.4 is 10.6 Å². The molecule has 164 valence electrons. The van der Waals surface area contributed by atoms with Gasteiger partial charge in [0.1, 0.15) is 11.8 Å². The van der Waals surface area contributed by atoms with Crippen LogP contribution in [0.1, 0.15) is 5.56 Å². The quantitative estimate of drug-likeness (QED) is 0.256. The number of carboxylic acids is 1. The zero-order valence-electron chi connectivity index (χ0n) is 16.7. The summed E-state index contributed by atoms with van der Waals surface area (Å²) in [4.78, 5) is 11.0. The van der Waals surface area contributed by atoms with Crippen LogP contribution in [-0.4, -0.2) is 38.3 Å². The molecule has 0 fully saturated rings. The molecular weight excluding hydrogens is 450 g/mol. The number of nitrogens with one attached hydrogen (secondary N) is 2. The van der Waals surface area contributed by atoms with Gasteiger partial charge in [0.25, 0.3) is 0 Å². The summed E-state index contributed by atoms with van der Waals surface area (Å²) in [5, 5.41) is 35.5. The number of aromatic hydroxyl groups is 1. The number of nitrogens with zero attached hydrogens (tertiary/aromatic N) is 1. The van der Waals surface area contributed by atoms with E-state index in [0.29, 0.717) is 23.1 Å². The number of aliphatic hydroxyl groups excluding tert-OH is 1. The van der Waals surface area contributed by atoms with Gasteiger partial charge in [0.15, 0.2) is 5.82 Å². The van der Waals surface area contributed by atoms with E-state index in [4.69, 9.17) is 21.8 Å². The molecule has 9 heteroatoms. The number of benzene rings is 3. The highest BCUT2D eigenvalue weighted by Gasteiger charge is 2.16. The Kier molecular flexibility index (Phi) is 6.57. The van der Waals surface area contributed by atoms with Gasteiger partial charge in [-0.3, -0.25) is 10.1 Å². The Labute approximate surface area is 193 Å². The van der Waals surface area contributed by atoms with Crippen molar-refractivity contribution in [1.82, 2.24) is 9.69 Å². The van der Waals surface area contributed by atoms with Crippen LogP contribution in [0, 0.1) is 0 Å². The number of aliphatic hydroxyl groups is 1. The van der Waals surface area contributed by atoms with E-state index in [-0.39, 0.29) is 5.75 Å². The maximum Gasteiger partial charge on any atom is 0.323 e. The average molecular weight is 470 g/mol. The molecule has 0 bridgehead atoms. The van der Waals surface area contributed by atoms with Gasteiger partial charge in [-0.1, -0.05) is 41.9 Å². The SMILES string of the molecule is O=C(O)[C@H](CO)NCc1ccc2c(Nc3cccc(-c4cccc(O)c4)c3Cl)nsc2c1. The van der Waals surface area contributed by atoms with Crippen LogP contribution in [0.2, 0.25) is 5.02 Å². The number of halogens is 1. The summed E-state index contributed by atoms with van der Waals surface area (Å²) in [6.07, 6.45) is 0. The average Bonchev–Trinajstić information content (AvgIpc) is 3.17. The lowest BCUT2D eigenvalue weighted by molar-refractivity contribution is -0.140. The molecular formula is C23H20ClN3O4S. The minimum Gasteiger partial charge on any atom is -0.508 e. The first kappa shape index (κ1) is 22.0. The lowest BCUT2D eigenvalue weighted by atomic mass is 10.0. The zero-order chi connectivity index (χ0) is 22.7. The third-order valence-corrected chi connectivity index (χ3v) is 6.19. The third kappa shape index (κ3) is 4.68. The van der Waals surface area contributed by atoms with Gasteiger partial charge < -0.3 is 20.6 Å². The summed E-state index contributed by atoms with van der Waals surface area (Å²) < 4.78 is 5.44. The summed E-state index contributed by atoms with van der Waals surface area (Å²) in [7, 11) is 0. The third-order valence-electron chi connectivity index (χ3n) is 4.98. The Hall–Kier alpha value is -3.17. The van der Waals surface area contributed by atoms with Crippen LogP contribution in [-0.2, 0) is 11.3 Å². The number of anilines is 2. The molecule has 5 N–H and O–H groups in total. The highest BCUT2D eigenvalue weighted by atomic mass is 35.5. The second-order valence-electron chi connectivity index (χ2n) is 7.16. The second-order valence-corrected chi connectivity index (χ2v) is 8.34. The van der Waals surface area contributed by atoms with Gasteiger partial charge in [-0.25, -0.2) is 0 Å². The number of aliphatic carboxylic acids is 1. The minimum absolute atomic E-state index is 0.168. The van der Waals surface area contributed by atoms with Crippen molar-refractivity contribution in [2.75, 3.05) is 11.9 Å². The number of hydrogen-bond acceptors (Lipinski definition) is 7. The Morgan fingerprint density at radius 1 is 1.12 bits per heavy atom. The van der Waals surface area contributed by atoms with E-state index in [0.717, 1.165) is 26.8 Å². The van der Waals surface area contributed by atoms with Crippen LogP contribution in [0.15, 0.2) is 60.7 Å². The number of hydrogen-bond donors (Lipinski definition) is 5. The van der Waals surface area contributed by atoms with Crippen molar-refractivity contribution < 1.29 is 20.1 Å². The van der Waals surface area contributed by atoms with Gasteiger partial charge in [0.2, 0.25) is 0 Å². The lowest BCUT2D eigenvalue weighted by Crippen LogP contribution is -2.39. The van der Waals surface area contributed by atoms with E-state index in [1.807, 2.05) is 42.5 Å². The summed E-state index contributed by atoms with van der Waals surface area (Å²) in [5.41, 5.74) is 3.17. The zero-order valence-corrected chi connectivity index (χ0v) is 18.3. The van der Waals surface area contributed by atoms with Gasteiger partial charge in [0.05, 0.1) is 22.0 Å². The molecule has 3 aromatic carbocycles. The Morgan fingerprint density at radius 2 is 1.94 bits per heavy atom. The standard InChI is InChI=1S/C23H20ClN3O4S/c24-21-16(14-3-1-4-15(29)10-14)5-2-6-18(21)26-22-17-8-7-13(9-20(17)32-27-22)11-25-19(12-28)23(30)31/h1-10,19,25,28-29H,11-12H2,(H,26,27)(H,30,31)/t19-/m0/s1. The fraction of sp³-hybridized carbons (Fsp3) is 0.130. The number of phenols is 1. The summed E-state index contributed by atoms with van der Waals surface area (Å²) >= 11 is 7.97. The van der Waals surface area contributed by atoms with Gasteiger partial charge in [0, 0.05) is 17.5 Å². The van der Waals surface area contributed by atoms with E-state index in [2.05, 4.69) is 15.0 Å². The molecule has 1 heterocycles. The van der Waals surface area contributed by atoms with Crippen molar-refractivity contribution in [3.63, 3.8) is 0 Å². The number of fused-ring (bicyclic) bond motifs is 1. The first-order chi connectivity index (χ1) is 15.5. The molecule has 4 aromatic rings. The van der Waals surface area contributed by atoms with E-state index >= 15 is 0 Å². The molecule has 0 aliphatic carbocycles. The molecule has 7 nitrogen and oxygen atoms in total. The van der Waals surface area contributed by atoms with Crippen molar-refractivity contribution in [3.8, 4) is 16.9 Å². The minimum atomic E-state index is -1.09. The highest BCUT2D eigenvalue weighted by Crippen LogP contribution is 2.38. The van der Waals surface area contributed by atoms with Crippen LogP contribution >= 0.6 is 23.1 Å². The van der Waals surface area contributed by atoms with E-state index < -0.39 is 18.6 Å². The van der Waals surface area contributed by atoms with E-state index in [9.17, 15) is 9.90 Å². The molecule has 32 heavy (non-hydrogen) atoms. The fourth-order valence-electron chi connectivity index (χ4n) is 3.31. The highest BCUT2D eigenvalue weighted by molar-refractivity contribution is 7.13. The van der Waals surface area contributed by atoms with Crippen LogP contribution in [0.3, 0.4) is 0 Å². The predicted octanol–water partition coefficient (Wildman–Crippen LogP) is 4.60. The molecule has 0 aliphatic rings. The van der Waals surface area contributed by atoms with Gasteiger partial charge in [-0.2, -0.15) is 4.37 Å². The Balaban J connectivity index is 1.56. The predicted molar refractivity (Wildman–Crippen MR) is 127 cm³/mol. The van der Waals surface area contributed by atoms with Crippen molar-refractivity contribution >= 4 is 50.7 Å². The summed E-state index contributed by atoms with van der Waals surface area (Å²) in [5.74, 6) is -0.262. The number of rotatable bonds is 8. The molecule has 0 unspecified atom stereocenters. The fourth-order valence-corrected chi connectivity index (χ4v) is 4.39. The molecule has 0 saturated heterocycles. The molecule has 4 rings (SSSR count). The van der Waals surface area contributed by atoms with Gasteiger partial charge in [-0.15, -0.1) is 0 Å².